The number of rotatable bonds is 5. The third-order valence-electron chi connectivity index (χ3n) is 2.84. The van der Waals surface area contributed by atoms with Crippen LogP contribution in [0.3, 0.4) is 0 Å². The van der Waals surface area contributed by atoms with Crippen molar-refractivity contribution >= 4 is 27.5 Å². The molecule has 0 aliphatic heterocycles. The first-order chi connectivity index (χ1) is 9.15. The van der Waals surface area contributed by atoms with E-state index in [1.165, 1.54) is 11.5 Å². The van der Waals surface area contributed by atoms with Crippen molar-refractivity contribution in [3.63, 3.8) is 0 Å². The van der Waals surface area contributed by atoms with Crippen molar-refractivity contribution in [3.05, 3.63) is 44.6 Å². The van der Waals surface area contributed by atoms with Crippen LogP contribution in [0.5, 0.6) is 0 Å². The Balaban J connectivity index is 2.43. The molecule has 0 spiro atoms. The lowest BCUT2D eigenvalue weighted by Gasteiger charge is -2.18. The number of nitrogens with zero attached hydrogens (tertiary/aromatic N) is 2. The van der Waals surface area contributed by atoms with Gasteiger partial charge in [-0.2, -0.15) is 0 Å². The summed E-state index contributed by atoms with van der Waals surface area (Å²) >= 11 is 4.55. The highest BCUT2D eigenvalue weighted by Crippen LogP contribution is 2.31. The zero-order chi connectivity index (χ0) is 13.8. The molecule has 2 rings (SSSR count). The smallest absolute Gasteiger partial charge is 0.142 e. The third-order valence-corrected chi connectivity index (χ3v) is 4.34. The number of aromatic nitrogens is 2. The van der Waals surface area contributed by atoms with Crippen LogP contribution in [0.4, 0.5) is 4.39 Å². The molecule has 0 aliphatic rings. The van der Waals surface area contributed by atoms with E-state index in [-0.39, 0.29) is 11.9 Å². The molecule has 0 radical (unpaired) electrons. The average Bonchev–Trinajstić information content (AvgIpc) is 2.81. The summed E-state index contributed by atoms with van der Waals surface area (Å²) in [5.41, 5.74) is 1.47. The molecule has 0 fully saturated rings. The zero-order valence-corrected chi connectivity index (χ0v) is 13.2. The molecule has 0 saturated carbocycles. The van der Waals surface area contributed by atoms with E-state index >= 15 is 0 Å². The van der Waals surface area contributed by atoms with Crippen LogP contribution in [-0.2, 0) is 0 Å². The Morgan fingerprint density at radius 2 is 2.26 bits per heavy atom. The Hall–Kier alpha value is -0.850. The lowest BCUT2D eigenvalue weighted by atomic mass is 10.0. The molecule has 0 amide bonds. The van der Waals surface area contributed by atoms with Crippen LogP contribution in [0.15, 0.2) is 22.7 Å². The van der Waals surface area contributed by atoms with Crippen LogP contribution in [0.2, 0.25) is 0 Å². The van der Waals surface area contributed by atoms with E-state index in [0.29, 0.717) is 10.0 Å². The van der Waals surface area contributed by atoms with Gasteiger partial charge in [-0.3, -0.25) is 0 Å². The summed E-state index contributed by atoms with van der Waals surface area (Å²) in [6.07, 6.45) is 0.984. The molecular weight excluding hydrogens is 329 g/mol. The zero-order valence-electron chi connectivity index (χ0n) is 10.8. The third kappa shape index (κ3) is 3.19. The molecule has 6 heteroatoms. The van der Waals surface area contributed by atoms with Crippen LogP contribution < -0.4 is 5.32 Å². The monoisotopic (exact) mass is 343 g/mol. The fourth-order valence-corrected chi connectivity index (χ4v) is 3.00. The Morgan fingerprint density at radius 3 is 2.89 bits per heavy atom. The number of nitrogens with one attached hydrogen (secondary N) is 1. The highest BCUT2D eigenvalue weighted by atomic mass is 79.9. The molecule has 1 aromatic heterocycles. The maximum Gasteiger partial charge on any atom is 0.142 e. The van der Waals surface area contributed by atoms with Crippen LogP contribution in [0.1, 0.15) is 35.5 Å². The van der Waals surface area contributed by atoms with Gasteiger partial charge in [0, 0.05) is 5.56 Å². The van der Waals surface area contributed by atoms with Gasteiger partial charge in [0.05, 0.1) is 21.1 Å². The Bertz CT molecular complexity index is 559. The topological polar surface area (TPSA) is 37.8 Å². The van der Waals surface area contributed by atoms with E-state index < -0.39 is 0 Å². The molecule has 1 aromatic carbocycles. The van der Waals surface area contributed by atoms with Gasteiger partial charge >= 0.3 is 0 Å². The molecule has 0 aliphatic carbocycles. The second kappa shape index (κ2) is 6.54. The normalized spacial score (nSPS) is 12.6. The van der Waals surface area contributed by atoms with Gasteiger partial charge in [-0.15, -0.1) is 5.10 Å². The summed E-state index contributed by atoms with van der Waals surface area (Å²) in [6, 6.07) is 5.14. The molecule has 1 N–H and O–H groups in total. The molecule has 3 nitrogen and oxygen atoms in total. The fraction of sp³-hybridized carbons (Fsp3) is 0.385. The van der Waals surface area contributed by atoms with Crippen molar-refractivity contribution in [2.45, 2.75) is 26.3 Å². The van der Waals surface area contributed by atoms with Gasteiger partial charge in [-0.05, 0) is 53.4 Å². The highest BCUT2D eigenvalue weighted by Gasteiger charge is 2.22. The van der Waals surface area contributed by atoms with E-state index in [9.17, 15) is 4.39 Å². The Labute approximate surface area is 124 Å². The van der Waals surface area contributed by atoms with Gasteiger partial charge < -0.3 is 5.32 Å². The summed E-state index contributed by atoms with van der Waals surface area (Å²) in [4.78, 5) is 0.963. The van der Waals surface area contributed by atoms with Gasteiger partial charge in [0.2, 0.25) is 0 Å². The maximum atomic E-state index is 14.3. The minimum Gasteiger partial charge on any atom is -0.305 e. The van der Waals surface area contributed by atoms with E-state index in [1.54, 1.807) is 12.1 Å². The molecule has 1 atom stereocenters. The fourth-order valence-electron chi connectivity index (χ4n) is 1.88. The second-order valence-electron chi connectivity index (χ2n) is 4.25. The molecule has 0 bridgehead atoms. The quantitative estimate of drug-likeness (QED) is 0.896. The molecule has 1 unspecified atom stereocenters. The second-order valence-corrected chi connectivity index (χ2v) is 5.89. The van der Waals surface area contributed by atoms with Gasteiger partial charge in [-0.25, -0.2) is 4.39 Å². The van der Waals surface area contributed by atoms with Gasteiger partial charge in [0.15, 0.2) is 0 Å². The van der Waals surface area contributed by atoms with Gasteiger partial charge in [0.25, 0.3) is 0 Å². The number of benzene rings is 1. The minimum absolute atomic E-state index is 0.197. The van der Waals surface area contributed by atoms with E-state index in [0.717, 1.165) is 23.5 Å². The molecule has 19 heavy (non-hydrogen) atoms. The van der Waals surface area contributed by atoms with E-state index in [4.69, 9.17) is 0 Å². The SMILES string of the molecule is CCCNC(c1cccc(Br)c1F)c1snnc1C. The molecule has 1 heterocycles. The Kier molecular flexibility index (Phi) is 5.01. The maximum absolute atomic E-state index is 14.3. The van der Waals surface area contributed by atoms with Crippen molar-refractivity contribution in [3.8, 4) is 0 Å². The molecule has 2 aromatic rings. The molecular formula is C13H15BrFN3S. The van der Waals surface area contributed by atoms with Crippen LogP contribution in [0, 0.1) is 12.7 Å². The number of hydrogen-bond donors (Lipinski definition) is 1. The van der Waals surface area contributed by atoms with Crippen LogP contribution in [0.25, 0.3) is 0 Å². The van der Waals surface area contributed by atoms with Crippen LogP contribution in [-0.4, -0.2) is 16.1 Å². The van der Waals surface area contributed by atoms with Crippen molar-refractivity contribution in [1.82, 2.24) is 14.9 Å². The summed E-state index contributed by atoms with van der Waals surface area (Å²) in [5.74, 6) is -0.232. The van der Waals surface area contributed by atoms with Gasteiger partial charge in [0.1, 0.15) is 5.82 Å². The predicted molar refractivity (Wildman–Crippen MR) is 78.9 cm³/mol. The van der Waals surface area contributed by atoms with Crippen molar-refractivity contribution in [2.75, 3.05) is 6.54 Å². The highest BCUT2D eigenvalue weighted by molar-refractivity contribution is 9.10. The summed E-state index contributed by atoms with van der Waals surface area (Å²) in [7, 11) is 0. The average molecular weight is 344 g/mol. The largest absolute Gasteiger partial charge is 0.305 e. The van der Waals surface area contributed by atoms with E-state index in [2.05, 4.69) is 37.8 Å². The number of aryl methyl sites for hydroxylation is 1. The molecule has 102 valence electrons. The number of halogens is 2. The van der Waals surface area contributed by atoms with Crippen LogP contribution >= 0.6 is 27.5 Å². The Morgan fingerprint density at radius 1 is 1.47 bits per heavy atom. The summed E-state index contributed by atoms with van der Waals surface area (Å²) in [6.45, 7) is 4.79. The molecule has 0 saturated heterocycles. The first-order valence-electron chi connectivity index (χ1n) is 6.11. The minimum atomic E-state index is -0.232. The van der Waals surface area contributed by atoms with Crippen molar-refractivity contribution < 1.29 is 4.39 Å². The lowest BCUT2D eigenvalue weighted by molar-refractivity contribution is 0.546. The first kappa shape index (κ1) is 14.6. The van der Waals surface area contributed by atoms with E-state index in [1.807, 2.05) is 13.0 Å². The summed E-state index contributed by atoms with van der Waals surface area (Å²) < 4.78 is 18.7. The van der Waals surface area contributed by atoms with Crippen molar-refractivity contribution in [1.29, 1.82) is 0 Å². The van der Waals surface area contributed by atoms with Gasteiger partial charge in [-0.1, -0.05) is 23.5 Å². The van der Waals surface area contributed by atoms with Crippen molar-refractivity contribution in [2.24, 2.45) is 0 Å². The standard InChI is InChI=1S/C13H15BrFN3S/c1-3-7-16-12(13-8(2)17-18-19-13)9-5-4-6-10(14)11(9)15/h4-6,12,16H,3,7H2,1-2H3. The number of hydrogen-bond acceptors (Lipinski definition) is 4. The lowest BCUT2D eigenvalue weighted by Crippen LogP contribution is -2.24. The summed E-state index contributed by atoms with van der Waals surface area (Å²) in [5, 5.41) is 7.38. The first-order valence-corrected chi connectivity index (χ1v) is 7.68. The predicted octanol–water partition coefficient (Wildman–Crippen LogP) is 3.84.